The molecule has 1 aliphatic heterocycles. The van der Waals surface area contributed by atoms with Crippen molar-refractivity contribution < 1.29 is 24.5 Å². The number of nitrogens with one attached hydrogen (secondary N) is 2. The summed E-state index contributed by atoms with van der Waals surface area (Å²) >= 11 is 0. The number of benzene rings is 2. The molecule has 1 saturated carbocycles. The van der Waals surface area contributed by atoms with E-state index in [9.17, 15) is 19.6 Å². The van der Waals surface area contributed by atoms with Gasteiger partial charge >= 0.3 is 7.12 Å². The van der Waals surface area contributed by atoms with Gasteiger partial charge in [0.2, 0.25) is 11.5 Å². The molecular formula is C27H34BN3O5. The molecule has 2 aromatic rings. The topological polar surface area (TPSA) is 120 Å². The third kappa shape index (κ3) is 5.79. The maximum Gasteiger partial charge on any atom is 0.475 e. The Kier molecular flexibility index (Phi) is 7.81. The van der Waals surface area contributed by atoms with Crippen LogP contribution >= 0.6 is 0 Å². The molecule has 8 nitrogen and oxygen atoms in total. The van der Waals surface area contributed by atoms with E-state index < -0.39 is 30.0 Å². The summed E-state index contributed by atoms with van der Waals surface area (Å²) in [7, 11) is -1.70. The predicted octanol–water partition coefficient (Wildman–Crippen LogP) is 2.14. The molecule has 0 spiro atoms. The summed E-state index contributed by atoms with van der Waals surface area (Å²) in [5, 5.41) is 29.6. The molecule has 2 aliphatic rings. The molecule has 1 aliphatic carbocycles. The quantitative estimate of drug-likeness (QED) is 0.359. The van der Waals surface area contributed by atoms with Crippen molar-refractivity contribution in [3.8, 4) is 0 Å². The summed E-state index contributed by atoms with van der Waals surface area (Å²) in [5.74, 6) is -1.20. The van der Waals surface area contributed by atoms with Gasteiger partial charge in [-0.2, -0.15) is 0 Å². The number of hydrogen-bond acceptors (Lipinski definition) is 6. The van der Waals surface area contributed by atoms with Crippen LogP contribution in [0, 0.1) is 5.92 Å². The van der Waals surface area contributed by atoms with E-state index in [1.54, 1.807) is 0 Å². The lowest BCUT2D eigenvalue weighted by Crippen LogP contribution is -2.56. The van der Waals surface area contributed by atoms with Crippen LogP contribution in [0.25, 0.3) is 0 Å². The Labute approximate surface area is 212 Å². The third-order valence-electron chi connectivity index (χ3n) is 6.95. The highest BCUT2D eigenvalue weighted by atomic mass is 16.7. The minimum Gasteiger partial charge on any atom is -0.426 e. The first-order valence-electron chi connectivity index (χ1n) is 12.5. The SMILES string of the molecule is CC(C)C[C@H](NC(=O)C1(Cc2ccccc2)CC(CNC(=O)C2(c3ccccc3)CC2)=NO1)B(O)O. The number of carbonyl (C=O) groups is 2. The van der Waals surface area contributed by atoms with E-state index in [4.69, 9.17) is 4.84 Å². The standard InChI is InChI=1S/C27H34BN3O5/c1-19(2)15-23(28(34)35)30-25(33)27(16-20-9-5-3-6-10-20)17-22(31-36-27)18-29-24(32)26(13-14-26)21-11-7-4-8-12-21/h3-12,19,23,34-35H,13-18H2,1-2H3,(H,29,32)(H,30,33)/t23-,27?/m0/s1. The molecule has 1 heterocycles. The first-order valence-corrected chi connectivity index (χ1v) is 12.5. The monoisotopic (exact) mass is 491 g/mol. The number of carbonyl (C=O) groups excluding carboxylic acids is 2. The van der Waals surface area contributed by atoms with Crippen molar-refractivity contribution >= 4 is 24.6 Å². The van der Waals surface area contributed by atoms with Crippen LogP contribution in [0.15, 0.2) is 65.8 Å². The fraction of sp³-hybridized carbons (Fsp3) is 0.444. The van der Waals surface area contributed by atoms with E-state index in [2.05, 4.69) is 15.8 Å². The maximum atomic E-state index is 13.5. The minimum atomic E-state index is -1.70. The first kappa shape index (κ1) is 25.9. The van der Waals surface area contributed by atoms with Crippen LogP contribution in [0.1, 0.15) is 50.7 Å². The van der Waals surface area contributed by atoms with Gasteiger partial charge in [-0.1, -0.05) is 79.7 Å². The zero-order valence-electron chi connectivity index (χ0n) is 20.8. The summed E-state index contributed by atoms with van der Waals surface area (Å²) < 4.78 is 0. The van der Waals surface area contributed by atoms with Gasteiger partial charge in [0.15, 0.2) is 0 Å². The van der Waals surface area contributed by atoms with Crippen molar-refractivity contribution in [1.82, 2.24) is 10.6 Å². The predicted molar refractivity (Wildman–Crippen MR) is 138 cm³/mol. The molecule has 1 fully saturated rings. The van der Waals surface area contributed by atoms with Gasteiger partial charge in [-0.3, -0.25) is 9.59 Å². The van der Waals surface area contributed by atoms with Crippen LogP contribution in [0.4, 0.5) is 0 Å². The Morgan fingerprint density at radius 3 is 2.25 bits per heavy atom. The number of hydrogen-bond donors (Lipinski definition) is 4. The van der Waals surface area contributed by atoms with Crippen molar-refractivity contribution in [1.29, 1.82) is 0 Å². The highest BCUT2D eigenvalue weighted by molar-refractivity contribution is 6.43. The van der Waals surface area contributed by atoms with Gasteiger partial charge in [0, 0.05) is 12.8 Å². The first-order chi connectivity index (χ1) is 17.2. The van der Waals surface area contributed by atoms with E-state index in [0.717, 1.165) is 24.0 Å². The molecule has 4 N–H and O–H groups in total. The molecule has 1 unspecified atom stereocenters. The van der Waals surface area contributed by atoms with Gasteiger partial charge in [0.1, 0.15) is 0 Å². The summed E-state index contributed by atoms with van der Waals surface area (Å²) in [5.41, 5.74) is 0.606. The Bertz CT molecular complexity index is 1090. The van der Waals surface area contributed by atoms with Crippen molar-refractivity contribution in [3.05, 3.63) is 71.8 Å². The molecule has 0 aromatic heterocycles. The van der Waals surface area contributed by atoms with E-state index in [0.29, 0.717) is 12.1 Å². The molecule has 9 heteroatoms. The Hall–Kier alpha value is -3.17. The molecule has 2 atom stereocenters. The van der Waals surface area contributed by atoms with Gasteiger partial charge in [0.05, 0.1) is 23.6 Å². The Balaban J connectivity index is 1.45. The van der Waals surface area contributed by atoms with Crippen molar-refractivity contribution in [2.45, 2.75) is 62.9 Å². The molecular weight excluding hydrogens is 457 g/mol. The highest BCUT2D eigenvalue weighted by Gasteiger charge is 2.52. The number of rotatable bonds is 11. The second-order valence-corrected chi connectivity index (χ2v) is 10.3. The van der Waals surface area contributed by atoms with E-state index in [1.165, 1.54) is 0 Å². The molecule has 0 bridgehead atoms. The van der Waals surface area contributed by atoms with E-state index >= 15 is 0 Å². The smallest absolute Gasteiger partial charge is 0.426 e. The average Bonchev–Trinajstić information content (AvgIpc) is 3.58. The van der Waals surface area contributed by atoms with Gasteiger partial charge in [-0.25, -0.2) is 0 Å². The van der Waals surface area contributed by atoms with Crippen LogP contribution in [-0.4, -0.2) is 52.8 Å². The average molecular weight is 491 g/mol. The number of oxime groups is 1. The normalized spacial score (nSPS) is 20.8. The fourth-order valence-electron chi connectivity index (χ4n) is 4.81. The molecule has 0 radical (unpaired) electrons. The minimum absolute atomic E-state index is 0.0539. The van der Waals surface area contributed by atoms with Crippen molar-refractivity contribution in [2.24, 2.45) is 11.1 Å². The lowest BCUT2D eigenvalue weighted by atomic mass is 9.74. The Morgan fingerprint density at radius 2 is 1.67 bits per heavy atom. The number of nitrogens with zero attached hydrogens (tertiary/aromatic N) is 1. The zero-order chi connectivity index (χ0) is 25.8. The summed E-state index contributed by atoms with van der Waals surface area (Å²) in [6, 6.07) is 19.2. The molecule has 0 saturated heterocycles. The largest absolute Gasteiger partial charge is 0.475 e. The molecule has 36 heavy (non-hydrogen) atoms. The maximum absolute atomic E-state index is 13.5. The summed E-state index contributed by atoms with van der Waals surface area (Å²) in [6.45, 7) is 4.06. The summed E-state index contributed by atoms with van der Waals surface area (Å²) in [6.07, 6.45) is 2.43. The van der Waals surface area contributed by atoms with Crippen molar-refractivity contribution in [2.75, 3.05) is 6.54 Å². The fourth-order valence-corrected chi connectivity index (χ4v) is 4.81. The molecule has 190 valence electrons. The van der Waals surface area contributed by atoms with Crippen LogP contribution in [0.5, 0.6) is 0 Å². The van der Waals surface area contributed by atoms with Crippen molar-refractivity contribution in [3.63, 3.8) is 0 Å². The van der Waals surface area contributed by atoms with Gasteiger partial charge < -0.3 is 25.5 Å². The van der Waals surface area contributed by atoms with Crippen LogP contribution < -0.4 is 10.6 Å². The van der Waals surface area contributed by atoms with Gasteiger partial charge in [0.25, 0.3) is 5.91 Å². The zero-order valence-corrected chi connectivity index (χ0v) is 20.8. The molecule has 4 rings (SSSR count). The molecule has 2 amide bonds. The molecule has 2 aromatic carbocycles. The highest BCUT2D eigenvalue weighted by Crippen LogP contribution is 2.48. The van der Waals surface area contributed by atoms with E-state index in [1.807, 2.05) is 74.5 Å². The lowest BCUT2D eigenvalue weighted by molar-refractivity contribution is -0.144. The second-order valence-electron chi connectivity index (χ2n) is 10.3. The van der Waals surface area contributed by atoms with E-state index in [-0.39, 0.29) is 31.2 Å². The van der Waals surface area contributed by atoms with Crippen LogP contribution in [0.2, 0.25) is 0 Å². The summed E-state index contributed by atoms with van der Waals surface area (Å²) in [4.78, 5) is 32.3. The Morgan fingerprint density at radius 1 is 1.03 bits per heavy atom. The van der Waals surface area contributed by atoms with Crippen LogP contribution in [0.3, 0.4) is 0 Å². The third-order valence-corrected chi connectivity index (χ3v) is 6.95. The second kappa shape index (κ2) is 10.8. The van der Waals surface area contributed by atoms with Gasteiger partial charge in [-0.15, -0.1) is 0 Å². The lowest BCUT2D eigenvalue weighted by Gasteiger charge is -2.29. The van der Waals surface area contributed by atoms with Crippen LogP contribution in [-0.2, 0) is 26.3 Å². The number of amides is 2. The van der Waals surface area contributed by atoms with Gasteiger partial charge in [-0.05, 0) is 36.3 Å².